The van der Waals surface area contributed by atoms with Crippen LogP contribution >= 0.6 is 11.3 Å². The lowest BCUT2D eigenvalue weighted by molar-refractivity contribution is 0.101. The zero-order chi connectivity index (χ0) is 10.8. The molecule has 0 amide bonds. The summed E-state index contributed by atoms with van der Waals surface area (Å²) < 4.78 is 0. The third kappa shape index (κ3) is 2.13. The average molecular weight is 217 g/mol. The quantitative estimate of drug-likeness (QED) is 0.722. The van der Waals surface area contributed by atoms with Crippen LogP contribution in [0.25, 0.3) is 10.6 Å². The molecule has 76 valence electrons. The van der Waals surface area contributed by atoms with Crippen LogP contribution in [0.15, 0.2) is 29.6 Å². The van der Waals surface area contributed by atoms with Gasteiger partial charge in [-0.3, -0.25) is 4.79 Å². The molecule has 0 N–H and O–H groups in total. The standard InChI is InChI=1S/C12H11NOS/c1-8-7-15-12(13-8)11-5-3-4-10(6-11)9(2)14/h3-7H,1-2H3. The van der Waals surface area contributed by atoms with E-state index >= 15 is 0 Å². The topological polar surface area (TPSA) is 30.0 Å². The third-order valence-corrected chi connectivity index (χ3v) is 3.14. The zero-order valence-electron chi connectivity index (χ0n) is 8.65. The van der Waals surface area contributed by atoms with Crippen LogP contribution in [-0.2, 0) is 0 Å². The number of thiazole rings is 1. The Bertz CT molecular complexity index is 502. The molecular weight excluding hydrogens is 206 g/mol. The second kappa shape index (κ2) is 3.95. The maximum Gasteiger partial charge on any atom is 0.159 e. The van der Waals surface area contributed by atoms with Gasteiger partial charge in [0, 0.05) is 22.2 Å². The number of nitrogens with zero attached hydrogens (tertiary/aromatic N) is 1. The molecule has 0 aliphatic carbocycles. The predicted molar refractivity (Wildman–Crippen MR) is 62.3 cm³/mol. The molecule has 0 saturated carbocycles. The van der Waals surface area contributed by atoms with Crippen LogP contribution in [0.3, 0.4) is 0 Å². The molecule has 2 nitrogen and oxygen atoms in total. The molecule has 0 aliphatic heterocycles. The molecule has 2 aromatic rings. The highest BCUT2D eigenvalue weighted by Gasteiger charge is 2.05. The number of aryl methyl sites for hydroxylation is 1. The van der Waals surface area contributed by atoms with Gasteiger partial charge in [0.2, 0.25) is 0 Å². The van der Waals surface area contributed by atoms with E-state index in [-0.39, 0.29) is 5.78 Å². The van der Waals surface area contributed by atoms with E-state index in [4.69, 9.17) is 0 Å². The monoisotopic (exact) mass is 217 g/mol. The van der Waals surface area contributed by atoms with Crippen LogP contribution in [0.5, 0.6) is 0 Å². The summed E-state index contributed by atoms with van der Waals surface area (Å²) in [5.41, 5.74) is 2.77. The molecule has 0 fully saturated rings. The Kier molecular flexibility index (Phi) is 2.64. The molecule has 0 unspecified atom stereocenters. The second-order valence-corrected chi connectivity index (χ2v) is 4.29. The molecule has 15 heavy (non-hydrogen) atoms. The summed E-state index contributed by atoms with van der Waals surface area (Å²) in [5, 5.41) is 2.98. The number of carbonyl (C=O) groups is 1. The molecule has 0 saturated heterocycles. The lowest BCUT2D eigenvalue weighted by atomic mass is 10.1. The first-order valence-corrected chi connectivity index (χ1v) is 5.58. The van der Waals surface area contributed by atoms with Crippen molar-refractivity contribution in [1.82, 2.24) is 4.98 Å². The summed E-state index contributed by atoms with van der Waals surface area (Å²) in [6, 6.07) is 7.58. The van der Waals surface area contributed by atoms with Gasteiger partial charge in [0.25, 0.3) is 0 Å². The number of aromatic nitrogens is 1. The Hall–Kier alpha value is -1.48. The summed E-state index contributed by atoms with van der Waals surface area (Å²) in [4.78, 5) is 15.6. The number of hydrogen-bond acceptors (Lipinski definition) is 3. The molecule has 3 heteroatoms. The first kappa shape index (κ1) is 10.1. The fourth-order valence-corrected chi connectivity index (χ4v) is 2.15. The lowest BCUT2D eigenvalue weighted by Crippen LogP contribution is -1.91. The number of benzene rings is 1. The Balaban J connectivity index is 2.45. The minimum Gasteiger partial charge on any atom is -0.295 e. The molecule has 1 aromatic carbocycles. The van der Waals surface area contributed by atoms with Gasteiger partial charge < -0.3 is 0 Å². The van der Waals surface area contributed by atoms with E-state index in [1.54, 1.807) is 18.3 Å². The van der Waals surface area contributed by atoms with E-state index in [1.165, 1.54) is 0 Å². The summed E-state index contributed by atoms with van der Waals surface area (Å²) in [5.74, 6) is 0.0881. The smallest absolute Gasteiger partial charge is 0.159 e. The summed E-state index contributed by atoms with van der Waals surface area (Å²) in [6.45, 7) is 3.54. The fraction of sp³-hybridized carbons (Fsp3) is 0.167. The highest BCUT2D eigenvalue weighted by molar-refractivity contribution is 7.13. The maximum absolute atomic E-state index is 11.2. The van der Waals surface area contributed by atoms with E-state index in [9.17, 15) is 4.79 Å². The molecule has 0 bridgehead atoms. The Morgan fingerprint density at radius 3 is 2.80 bits per heavy atom. The third-order valence-electron chi connectivity index (χ3n) is 2.14. The van der Waals surface area contributed by atoms with Crippen molar-refractivity contribution in [3.8, 4) is 10.6 Å². The number of carbonyl (C=O) groups excluding carboxylic acids is 1. The van der Waals surface area contributed by atoms with Crippen LogP contribution in [0.4, 0.5) is 0 Å². The Morgan fingerprint density at radius 1 is 1.40 bits per heavy atom. The SMILES string of the molecule is CC(=O)c1cccc(-c2nc(C)cs2)c1. The second-order valence-electron chi connectivity index (χ2n) is 3.43. The highest BCUT2D eigenvalue weighted by Crippen LogP contribution is 2.24. The average Bonchev–Trinajstić information content (AvgIpc) is 2.65. The number of hydrogen-bond donors (Lipinski definition) is 0. The maximum atomic E-state index is 11.2. The van der Waals surface area contributed by atoms with Crippen LogP contribution in [0.1, 0.15) is 23.0 Å². The van der Waals surface area contributed by atoms with Crippen LogP contribution < -0.4 is 0 Å². The van der Waals surface area contributed by atoms with Gasteiger partial charge in [-0.25, -0.2) is 4.98 Å². The van der Waals surface area contributed by atoms with E-state index in [1.807, 2.05) is 36.6 Å². The van der Waals surface area contributed by atoms with Crippen molar-refractivity contribution >= 4 is 17.1 Å². The first-order valence-electron chi connectivity index (χ1n) is 4.70. The Morgan fingerprint density at radius 2 is 2.20 bits per heavy atom. The first-order chi connectivity index (χ1) is 7.16. The number of rotatable bonds is 2. The minimum atomic E-state index is 0.0881. The van der Waals surface area contributed by atoms with E-state index in [0.717, 1.165) is 21.8 Å². The van der Waals surface area contributed by atoms with Crippen molar-refractivity contribution in [2.45, 2.75) is 13.8 Å². The fourth-order valence-electron chi connectivity index (χ4n) is 1.36. The van der Waals surface area contributed by atoms with Gasteiger partial charge in [-0.2, -0.15) is 0 Å². The zero-order valence-corrected chi connectivity index (χ0v) is 9.47. The molecule has 0 spiro atoms. The van der Waals surface area contributed by atoms with E-state index in [0.29, 0.717) is 0 Å². The van der Waals surface area contributed by atoms with Crippen molar-refractivity contribution in [3.63, 3.8) is 0 Å². The van der Waals surface area contributed by atoms with Gasteiger partial charge in [0.05, 0.1) is 0 Å². The highest BCUT2D eigenvalue weighted by atomic mass is 32.1. The summed E-state index contributed by atoms with van der Waals surface area (Å²) in [7, 11) is 0. The minimum absolute atomic E-state index is 0.0881. The predicted octanol–water partition coefficient (Wildman–Crippen LogP) is 3.32. The van der Waals surface area contributed by atoms with E-state index in [2.05, 4.69) is 4.98 Å². The van der Waals surface area contributed by atoms with Gasteiger partial charge in [-0.1, -0.05) is 18.2 Å². The molecule has 0 radical (unpaired) electrons. The van der Waals surface area contributed by atoms with Crippen molar-refractivity contribution in [1.29, 1.82) is 0 Å². The molecular formula is C12H11NOS. The lowest BCUT2D eigenvalue weighted by Gasteiger charge is -1.98. The van der Waals surface area contributed by atoms with Crippen LogP contribution in [-0.4, -0.2) is 10.8 Å². The van der Waals surface area contributed by atoms with Crippen molar-refractivity contribution in [2.75, 3.05) is 0 Å². The van der Waals surface area contributed by atoms with Crippen molar-refractivity contribution < 1.29 is 4.79 Å². The molecule has 0 atom stereocenters. The summed E-state index contributed by atoms with van der Waals surface area (Å²) in [6.07, 6.45) is 0. The van der Waals surface area contributed by atoms with Gasteiger partial charge >= 0.3 is 0 Å². The Labute approximate surface area is 92.6 Å². The number of Topliss-reactive ketones (excluding diaryl/α,β-unsaturated/α-hetero) is 1. The molecule has 2 rings (SSSR count). The van der Waals surface area contributed by atoms with Gasteiger partial charge in [-0.15, -0.1) is 11.3 Å². The normalized spacial score (nSPS) is 10.3. The largest absolute Gasteiger partial charge is 0.295 e. The van der Waals surface area contributed by atoms with Crippen molar-refractivity contribution in [3.05, 3.63) is 40.9 Å². The van der Waals surface area contributed by atoms with Crippen LogP contribution in [0, 0.1) is 6.92 Å². The molecule has 0 aliphatic rings. The van der Waals surface area contributed by atoms with Gasteiger partial charge in [0.1, 0.15) is 5.01 Å². The molecule has 1 heterocycles. The summed E-state index contributed by atoms with van der Waals surface area (Å²) >= 11 is 1.60. The van der Waals surface area contributed by atoms with Crippen LogP contribution in [0.2, 0.25) is 0 Å². The van der Waals surface area contributed by atoms with E-state index < -0.39 is 0 Å². The molecule has 1 aromatic heterocycles. The van der Waals surface area contributed by atoms with Gasteiger partial charge in [-0.05, 0) is 19.9 Å². The van der Waals surface area contributed by atoms with Crippen molar-refractivity contribution in [2.24, 2.45) is 0 Å². The van der Waals surface area contributed by atoms with Gasteiger partial charge in [0.15, 0.2) is 5.78 Å². The number of ketones is 1.